The Morgan fingerprint density at radius 1 is 1.15 bits per heavy atom. The van der Waals surface area contributed by atoms with Crippen LogP contribution >= 0.6 is 0 Å². The van der Waals surface area contributed by atoms with Crippen molar-refractivity contribution in [1.29, 1.82) is 0 Å². The fourth-order valence-electron chi connectivity index (χ4n) is 3.47. The molecule has 1 fully saturated rings. The first-order valence-electron chi connectivity index (χ1n) is 9.74. The van der Waals surface area contributed by atoms with E-state index < -0.39 is 28.0 Å². The monoisotopic (exact) mass is 484 g/mol. The third-order valence-corrected chi connectivity index (χ3v) is 6.76. The van der Waals surface area contributed by atoms with Gasteiger partial charge in [-0.1, -0.05) is 23.4 Å². The first-order chi connectivity index (χ1) is 15.5. The van der Waals surface area contributed by atoms with Crippen LogP contribution < -0.4 is 10.6 Å². The molecule has 0 spiro atoms. The molecule has 0 aliphatic carbocycles. The lowest BCUT2D eigenvalue weighted by molar-refractivity contribution is -0.107. The van der Waals surface area contributed by atoms with E-state index in [1.807, 2.05) is 30.3 Å². The lowest BCUT2D eigenvalue weighted by Gasteiger charge is -2.21. The number of hydrogen-bond donors (Lipinski definition) is 1. The van der Waals surface area contributed by atoms with E-state index in [0.29, 0.717) is 6.42 Å². The van der Waals surface area contributed by atoms with Gasteiger partial charge in [0.15, 0.2) is 5.75 Å². The molecule has 176 valence electrons. The molecular weight excluding hydrogens is 465 g/mol. The summed E-state index contributed by atoms with van der Waals surface area (Å²) in [4.78, 5) is 18.2. The fourth-order valence-corrected chi connectivity index (χ4v) is 5.04. The smallest absolute Gasteiger partial charge is 0.368 e. The number of nitrogens with zero attached hydrogens (tertiary/aromatic N) is 7. The van der Waals surface area contributed by atoms with Gasteiger partial charge >= 0.3 is 6.18 Å². The van der Waals surface area contributed by atoms with Gasteiger partial charge in [-0.15, -0.1) is 0 Å². The molecule has 0 bridgehead atoms. The minimum Gasteiger partial charge on any atom is -0.368 e. The van der Waals surface area contributed by atoms with Gasteiger partial charge in [-0.25, -0.2) is 8.42 Å². The standard InChI is InChI=1S/C18H19F3N8O3S/c1-28(11-6-3-2-4-7-11)17-25-13(24-16(22)26-17)14-23-15(32-27-14)12-8-5-9-29(12)33(30,31)10-18(19,20)21/h2-4,6-7,12H,5,8-10H2,1H3,(H2,22,24,25,26)/t12-/m1/s1. The molecule has 0 unspecified atom stereocenters. The van der Waals surface area contributed by atoms with Gasteiger partial charge in [0.1, 0.15) is 6.04 Å². The number of anilines is 3. The maximum atomic E-state index is 12.7. The van der Waals surface area contributed by atoms with Gasteiger partial charge in [-0.2, -0.15) is 37.4 Å². The van der Waals surface area contributed by atoms with Crippen LogP contribution in [-0.4, -0.2) is 63.3 Å². The van der Waals surface area contributed by atoms with Gasteiger partial charge in [0, 0.05) is 19.3 Å². The average molecular weight is 484 g/mol. The van der Waals surface area contributed by atoms with Gasteiger partial charge in [0.05, 0.1) is 0 Å². The predicted octanol–water partition coefficient (Wildman–Crippen LogP) is 2.30. The number of sulfonamides is 1. The molecule has 1 atom stereocenters. The highest BCUT2D eigenvalue weighted by Gasteiger charge is 2.44. The van der Waals surface area contributed by atoms with E-state index in [9.17, 15) is 21.6 Å². The molecule has 1 aliphatic heterocycles. The zero-order valence-corrected chi connectivity index (χ0v) is 18.1. The van der Waals surface area contributed by atoms with Crippen molar-refractivity contribution < 1.29 is 26.1 Å². The summed E-state index contributed by atoms with van der Waals surface area (Å²) in [6, 6.07) is 8.19. The van der Waals surface area contributed by atoms with Crippen LogP contribution in [0.15, 0.2) is 34.9 Å². The highest BCUT2D eigenvalue weighted by atomic mass is 32.2. The van der Waals surface area contributed by atoms with Crippen molar-refractivity contribution >= 4 is 27.6 Å². The Hall–Kier alpha value is -3.33. The molecule has 3 heterocycles. The molecule has 11 nitrogen and oxygen atoms in total. The summed E-state index contributed by atoms with van der Waals surface area (Å²) in [5.41, 5.74) is 6.59. The lowest BCUT2D eigenvalue weighted by Crippen LogP contribution is -2.37. The van der Waals surface area contributed by atoms with Crippen LogP contribution in [0.1, 0.15) is 24.8 Å². The van der Waals surface area contributed by atoms with Gasteiger partial charge in [0.2, 0.25) is 39.5 Å². The maximum Gasteiger partial charge on any atom is 0.404 e. The highest BCUT2D eigenvalue weighted by molar-refractivity contribution is 7.89. The number of nitrogens with two attached hydrogens (primary N) is 1. The van der Waals surface area contributed by atoms with E-state index in [0.717, 1.165) is 9.99 Å². The highest BCUT2D eigenvalue weighted by Crippen LogP contribution is 2.35. The van der Waals surface area contributed by atoms with Crippen LogP contribution in [0.2, 0.25) is 0 Å². The lowest BCUT2D eigenvalue weighted by atomic mass is 10.2. The molecule has 2 N–H and O–H groups in total. The van der Waals surface area contributed by atoms with E-state index >= 15 is 0 Å². The number of hydrogen-bond acceptors (Lipinski definition) is 10. The van der Waals surface area contributed by atoms with E-state index in [1.54, 1.807) is 11.9 Å². The van der Waals surface area contributed by atoms with Crippen molar-refractivity contribution in [3.8, 4) is 11.6 Å². The van der Waals surface area contributed by atoms with Crippen molar-refractivity contribution in [2.45, 2.75) is 25.1 Å². The summed E-state index contributed by atoms with van der Waals surface area (Å²) in [6.45, 7) is -0.0779. The Kier molecular flexibility index (Phi) is 5.92. The summed E-state index contributed by atoms with van der Waals surface area (Å²) in [5, 5.41) is 3.78. The van der Waals surface area contributed by atoms with Crippen molar-refractivity contribution in [1.82, 2.24) is 29.4 Å². The minimum atomic E-state index is -4.87. The Morgan fingerprint density at radius 2 is 1.88 bits per heavy atom. The topological polar surface area (TPSA) is 144 Å². The first-order valence-corrected chi connectivity index (χ1v) is 11.3. The summed E-state index contributed by atoms with van der Waals surface area (Å²) in [7, 11) is -2.89. The van der Waals surface area contributed by atoms with Crippen LogP contribution in [0, 0.1) is 0 Å². The van der Waals surface area contributed by atoms with Crippen molar-refractivity contribution in [2.24, 2.45) is 0 Å². The number of nitrogen functional groups attached to an aromatic ring is 1. The second-order valence-electron chi connectivity index (χ2n) is 7.31. The van der Waals surface area contributed by atoms with Crippen LogP contribution in [0.3, 0.4) is 0 Å². The summed E-state index contributed by atoms with van der Waals surface area (Å²) in [6.07, 6.45) is -4.28. The Morgan fingerprint density at radius 3 is 2.58 bits per heavy atom. The van der Waals surface area contributed by atoms with Gasteiger partial charge < -0.3 is 15.2 Å². The van der Waals surface area contributed by atoms with Crippen LogP contribution in [0.4, 0.5) is 30.8 Å². The number of halogens is 3. The van der Waals surface area contributed by atoms with Crippen LogP contribution in [0.25, 0.3) is 11.6 Å². The SMILES string of the molecule is CN(c1ccccc1)c1nc(N)nc(-c2noc([C@H]3CCCN3S(=O)(=O)CC(F)(F)F)n2)n1. The van der Waals surface area contributed by atoms with Gasteiger partial charge in [-0.05, 0) is 25.0 Å². The summed E-state index contributed by atoms with van der Waals surface area (Å²) in [5.74, 6) is -2.15. The first kappa shape index (κ1) is 22.8. The molecule has 3 aromatic rings. The molecule has 4 rings (SSSR count). The van der Waals surface area contributed by atoms with Gasteiger partial charge in [0.25, 0.3) is 0 Å². The second kappa shape index (κ2) is 8.55. The molecule has 0 amide bonds. The summed E-state index contributed by atoms with van der Waals surface area (Å²) >= 11 is 0. The molecule has 15 heteroatoms. The molecular formula is C18H19F3N8O3S. The number of aromatic nitrogens is 5. The van der Waals surface area contributed by atoms with Crippen LogP contribution in [0.5, 0.6) is 0 Å². The van der Waals surface area contributed by atoms with Gasteiger partial charge in [-0.3, -0.25) is 0 Å². The molecule has 0 radical (unpaired) electrons. The van der Waals surface area contributed by atoms with E-state index in [-0.39, 0.29) is 42.4 Å². The van der Waals surface area contributed by atoms with Crippen molar-refractivity contribution in [3.05, 3.63) is 36.2 Å². The van der Waals surface area contributed by atoms with Crippen molar-refractivity contribution in [2.75, 3.05) is 30.0 Å². The Labute approximate surface area is 186 Å². The normalized spacial score (nSPS) is 17.4. The van der Waals surface area contributed by atoms with E-state index in [2.05, 4.69) is 25.1 Å². The molecule has 1 aromatic carbocycles. The molecule has 2 aromatic heterocycles. The molecule has 1 saturated heterocycles. The Bertz CT molecular complexity index is 1240. The van der Waals surface area contributed by atoms with E-state index in [1.165, 1.54) is 0 Å². The average Bonchev–Trinajstić information content (AvgIpc) is 3.41. The zero-order valence-electron chi connectivity index (χ0n) is 17.3. The fraction of sp³-hybridized carbons (Fsp3) is 0.389. The van der Waals surface area contributed by atoms with E-state index in [4.69, 9.17) is 10.3 Å². The second-order valence-corrected chi connectivity index (χ2v) is 9.23. The molecule has 0 saturated carbocycles. The minimum absolute atomic E-state index is 0.0297. The number of rotatable bonds is 6. The van der Waals surface area contributed by atoms with Crippen LogP contribution in [-0.2, 0) is 10.0 Å². The third kappa shape index (κ3) is 5.03. The quantitative estimate of drug-likeness (QED) is 0.553. The molecule has 33 heavy (non-hydrogen) atoms. The zero-order chi connectivity index (χ0) is 23.8. The predicted molar refractivity (Wildman–Crippen MR) is 111 cm³/mol. The third-order valence-electron chi connectivity index (χ3n) is 4.92. The van der Waals surface area contributed by atoms with Crippen molar-refractivity contribution in [3.63, 3.8) is 0 Å². The number of para-hydroxylation sites is 1. The number of alkyl halides is 3. The largest absolute Gasteiger partial charge is 0.404 e. The maximum absolute atomic E-state index is 12.7. The Balaban J connectivity index is 1.62. The summed E-state index contributed by atoms with van der Waals surface area (Å²) < 4.78 is 68.6. The molecule has 1 aliphatic rings. The number of benzene rings is 1.